The zero-order valence-corrected chi connectivity index (χ0v) is 15.7. The van der Waals surface area contributed by atoms with Crippen LogP contribution in [0.15, 0.2) is 36.4 Å². The van der Waals surface area contributed by atoms with Crippen LogP contribution in [0.2, 0.25) is 10.0 Å². The predicted molar refractivity (Wildman–Crippen MR) is 99.2 cm³/mol. The summed E-state index contributed by atoms with van der Waals surface area (Å²) < 4.78 is 5.08. The summed E-state index contributed by atoms with van der Waals surface area (Å²) in [6.45, 7) is 5.22. The summed E-state index contributed by atoms with van der Waals surface area (Å²) in [6.07, 6.45) is 0. The van der Waals surface area contributed by atoms with Gasteiger partial charge in [0, 0.05) is 10.0 Å². The Bertz CT molecular complexity index is 785. The van der Waals surface area contributed by atoms with Gasteiger partial charge in [-0.1, -0.05) is 46.5 Å². The van der Waals surface area contributed by atoms with E-state index in [4.69, 9.17) is 27.9 Å². The average Bonchev–Trinajstić information content (AvgIpc) is 2.51. The van der Waals surface area contributed by atoms with Gasteiger partial charge in [-0.15, -0.1) is 0 Å². The van der Waals surface area contributed by atoms with Gasteiger partial charge in [-0.2, -0.15) is 0 Å². The van der Waals surface area contributed by atoms with Gasteiger partial charge in [0.05, 0.1) is 11.6 Å². The van der Waals surface area contributed by atoms with Gasteiger partial charge in [-0.05, 0) is 50.6 Å². The van der Waals surface area contributed by atoms with Gasteiger partial charge in [-0.3, -0.25) is 4.79 Å². The van der Waals surface area contributed by atoms with Crippen LogP contribution in [0, 0.1) is 13.8 Å². The SMILES string of the molecule is Cc1cc(C)cc(C(=O)OCC(=O)NC(C)c2ccc(Cl)cc2Cl)c1. The molecule has 0 aliphatic rings. The number of hydrogen-bond donors (Lipinski definition) is 1. The minimum absolute atomic E-state index is 0.336. The van der Waals surface area contributed by atoms with E-state index >= 15 is 0 Å². The molecule has 2 aromatic rings. The van der Waals surface area contributed by atoms with E-state index in [1.54, 1.807) is 37.3 Å². The molecule has 132 valence electrons. The first-order chi connectivity index (χ1) is 11.8. The zero-order chi connectivity index (χ0) is 18.6. The first kappa shape index (κ1) is 19.3. The van der Waals surface area contributed by atoms with Crippen molar-refractivity contribution in [3.63, 3.8) is 0 Å². The first-order valence-corrected chi connectivity index (χ1v) is 8.51. The number of esters is 1. The van der Waals surface area contributed by atoms with Gasteiger partial charge in [0.2, 0.25) is 0 Å². The molecule has 2 aromatic carbocycles. The monoisotopic (exact) mass is 379 g/mol. The maximum atomic E-state index is 12.1. The Kier molecular flexibility index (Phi) is 6.45. The van der Waals surface area contributed by atoms with Crippen LogP contribution in [0.5, 0.6) is 0 Å². The molecule has 0 aliphatic heterocycles. The number of halogens is 2. The zero-order valence-electron chi connectivity index (χ0n) is 14.2. The highest BCUT2D eigenvalue weighted by Crippen LogP contribution is 2.26. The summed E-state index contributed by atoms with van der Waals surface area (Å²) in [5.41, 5.74) is 3.09. The van der Waals surface area contributed by atoms with E-state index in [1.807, 2.05) is 19.9 Å². The van der Waals surface area contributed by atoms with Crippen LogP contribution in [-0.2, 0) is 9.53 Å². The second kappa shape index (κ2) is 8.37. The third kappa shape index (κ3) is 5.48. The van der Waals surface area contributed by atoms with Crippen molar-refractivity contribution in [2.24, 2.45) is 0 Å². The highest BCUT2D eigenvalue weighted by atomic mass is 35.5. The van der Waals surface area contributed by atoms with E-state index in [0.717, 1.165) is 16.7 Å². The third-order valence-electron chi connectivity index (χ3n) is 3.60. The van der Waals surface area contributed by atoms with Gasteiger partial charge < -0.3 is 10.1 Å². The molecular weight excluding hydrogens is 361 g/mol. The van der Waals surface area contributed by atoms with Crippen molar-refractivity contribution < 1.29 is 14.3 Å². The minimum Gasteiger partial charge on any atom is -0.452 e. The van der Waals surface area contributed by atoms with Crippen molar-refractivity contribution >= 4 is 35.1 Å². The lowest BCUT2D eigenvalue weighted by molar-refractivity contribution is -0.124. The molecule has 25 heavy (non-hydrogen) atoms. The molecule has 0 aromatic heterocycles. The Morgan fingerprint density at radius 3 is 2.32 bits per heavy atom. The number of aryl methyl sites for hydroxylation is 2. The molecule has 1 N–H and O–H groups in total. The number of hydrogen-bond acceptors (Lipinski definition) is 3. The number of benzene rings is 2. The predicted octanol–water partition coefficient (Wildman–Crippen LogP) is 4.64. The number of ether oxygens (including phenoxy) is 1. The number of amides is 1. The summed E-state index contributed by atoms with van der Waals surface area (Å²) in [7, 11) is 0. The van der Waals surface area contributed by atoms with Crippen LogP contribution < -0.4 is 5.32 Å². The minimum atomic E-state index is -0.529. The summed E-state index contributed by atoms with van der Waals surface area (Å²) in [6, 6.07) is 10.1. The third-order valence-corrected chi connectivity index (χ3v) is 4.16. The van der Waals surface area contributed by atoms with Gasteiger partial charge >= 0.3 is 5.97 Å². The Morgan fingerprint density at radius 1 is 1.08 bits per heavy atom. The standard InChI is InChI=1S/C19H19Cl2NO3/c1-11-6-12(2)8-14(7-11)19(24)25-10-18(23)22-13(3)16-5-4-15(20)9-17(16)21/h4-9,13H,10H2,1-3H3,(H,22,23). The normalized spacial score (nSPS) is 11.7. The Balaban J connectivity index is 1.92. The van der Waals surface area contributed by atoms with E-state index in [1.165, 1.54) is 0 Å². The van der Waals surface area contributed by atoms with Crippen LogP contribution in [0.25, 0.3) is 0 Å². The summed E-state index contributed by atoms with van der Waals surface area (Å²) in [5.74, 6) is -0.935. The Labute approximate surface area is 157 Å². The maximum Gasteiger partial charge on any atom is 0.338 e. The molecule has 0 spiro atoms. The molecule has 0 fully saturated rings. The van der Waals surface area contributed by atoms with Crippen LogP contribution in [0.1, 0.15) is 40.0 Å². The lowest BCUT2D eigenvalue weighted by Gasteiger charge is -2.16. The lowest BCUT2D eigenvalue weighted by Crippen LogP contribution is -2.31. The van der Waals surface area contributed by atoms with E-state index in [0.29, 0.717) is 15.6 Å². The largest absolute Gasteiger partial charge is 0.452 e. The average molecular weight is 380 g/mol. The second-order valence-corrected chi connectivity index (χ2v) is 6.75. The maximum absolute atomic E-state index is 12.1. The highest BCUT2D eigenvalue weighted by molar-refractivity contribution is 6.35. The molecule has 2 rings (SSSR count). The van der Waals surface area contributed by atoms with Crippen molar-refractivity contribution in [3.05, 3.63) is 68.7 Å². The van der Waals surface area contributed by atoms with Gasteiger partial charge in [0.15, 0.2) is 6.61 Å². The molecule has 1 unspecified atom stereocenters. The molecule has 0 saturated heterocycles. The van der Waals surface area contributed by atoms with Crippen molar-refractivity contribution in [2.45, 2.75) is 26.8 Å². The fourth-order valence-electron chi connectivity index (χ4n) is 2.52. The molecule has 0 aliphatic carbocycles. The molecule has 1 amide bonds. The first-order valence-electron chi connectivity index (χ1n) is 7.76. The molecule has 1 atom stereocenters. The Morgan fingerprint density at radius 2 is 1.72 bits per heavy atom. The van der Waals surface area contributed by atoms with Crippen LogP contribution in [0.3, 0.4) is 0 Å². The smallest absolute Gasteiger partial charge is 0.338 e. The van der Waals surface area contributed by atoms with E-state index in [9.17, 15) is 9.59 Å². The molecule has 4 nitrogen and oxygen atoms in total. The van der Waals surface area contributed by atoms with Crippen LogP contribution in [-0.4, -0.2) is 18.5 Å². The quantitative estimate of drug-likeness (QED) is 0.769. The number of carbonyl (C=O) groups is 2. The van der Waals surface area contributed by atoms with Crippen molar-refractivity contribution in [3.8, 4) is 0 Å². The molecule has 0 bridgehead atoms. The van der Waals surface area contributed by atoms with E-state index in [-0.39, 0.29) is 12.6 Å². The van der Waals surface area contributed by atoms with E-state index in [2.05, 4.69) is 5.32 Å². The summed E-state index contributed by atoms with van der Waals surface area (Å²) in [4.78, 5) is 24.1. The Hall–Kier alpha value is -2.04. The molecule has 0 saturated carbocycles. The molecule has 0 radical (unpaired) electrons. The number of rotatable bonds is 5. The van der Waals surface area contributed by atoms with Gasteiger partial charge in [0.1, 0.15) is 0 Å². The van der Waals surface area contributed by atoms with Crippen LogP contribution in [0.4, 0.5) is 0 Å². The fourth-order valence-corrected chi connectivity index (χ4v) is 3.09. The van der Waals surface area contributed by atoms with Gasteiger partial charge in [0.25, 0.3) is 5.91 Å². The summed E-state index contributed by atoms with van der Waals surface area (Å²) in [5, 5.41) is 3.73. The molecule has 0 heterocycles. The fraction of sp³-hybridized carbons (Fsp3) is 0.263. The van der Waals surface area contributed by atoms with E-state index < -0.39 is 11.9 Å². The van der Waals surface area contributed by atoms with Crippen molar-refractivity contribution in [1.29, 1.82) is 0 Å². The molecular formula is C19H19Cl2NO3. The second-order valence-electron chi connectivity index (χ2n) is 5.91. The molecule has 6 heteroatoms. The van der Waals surface area contributed by atoms with Crippen LogP contribution >= 0.6 is 23.2 Å². The number of nitrogens with one attached hydrogen (secondary N) is 1. The van der Waals surface area contributed by atoms with Gasteiger partial charge in [-0.25, -0.2) is 4.79 Å². The summed E-state index contributed by atoms with van der Waals surface area (Å²) >= 11 is 12.0. The van der Waals surface area contributed by atoms with Crippen molar-refractivity contribution in [1.82, 2.24) is 5.32 Å². The topological polar surface area (TPSA) is 55.4 Å². The van der Waals surface area contributed by atoms with Crippen molar-refractivity contribution in [2.75, 3.05) is 6.61 Å². The number of carbonyl (C=O) groups excluding carboxylic acids is 2. The highest BCUT2D eigenvalue weighted by Gasteiger charge is 2.15. The lowest BCUT2D eigenvalue weighted by atomic mass is 10.1.